The summed E-state index contributed by atoms with van der Waals surface area (Å²) in [6, 6.07) is 2.09. The van der Waals surface area contributed by atoms with Crippen molar-refractivity contribution >= 4 is 23.2 Å². The van der Waals surface area contributed by atoms with Gasteiger partial charge >= 0.3 is 0 Å². The van der Waals surface area contributed by atoms with Crippen LogP contribution >= 0.6 is 11.3 Å². The van der Waals surface area contributed by atoms with Gasteiger partial charge in [0.25, 0.3) is 5.91 Å². The van der Waals surface area contributed by atoms with Crippen molar-refractivity contribution in [2.45, 2.75) is 32.7 Å². The highest BCUT2D eigenvalue weighted by Gasteiger charge is 2.30. The summed E-state index contributed by atoms with van der Waals surface area (Å²) < 4.78 is 0. The molecule has 0 bridgehead atoms. The minimum absolute atomic E-state index is 0.0638. The largest absolute Gasteiger partial charge is 0.343 e. The van der Waals surface area contributed by atoms with E-state index in [2.05, 4.69) is 0 Å². The molecule has 5 heteroatoms. The first kappa shape index (κ1) is 15.0. The van der Waals surface area contributed by atoms with Gasteiger partial charge in [-0.05, 0) is 38.1 Å². The van der Waals surface area contributed by atoms with Crippen LogP contribution in [0.25, 0.3) is 0 Å². The maximum Gasteiger partial charge on any atom is 0.254 e. The van der Waals surface area contributed by atoms with E-state index in [-0.39, 0.29) is 23.8 Å². The van der Waals surface area contributed by atoms with Crippen LogP contribution < -0.4 is 0 Å². The van der Waals surface area contributed by atoms with E-state index in [1.165, 1.54) is 11.3 Å². The van der Waals surface area contributed by atoms with Gasteiger partial charge in [0.15, 0.2) is 0 Å². The maximum absolute atomic E-state index is 12.3. The lowest BCUT2D eigenvalue weighted by Crippen LogP contribution is -2.44. The molecule has 0 radical (unpaired) electrons. The molecular weight excluding hydrogens is 272 g/mol. The molecule has 2 amide bonds. The Morgan fingerprint density at radius 1 is 1.35 bits per heavy atom. The summed E-state index contributed by atoms with van der Waals surface area (Å²) in [5, 5.41) is 3.80. The first-order valence-electron chi connectivity index (χ1n) is 7.09. The van der Waals surface area contributed by atoms with Gasteiger partial charge in [-0.25, -0.2) is 0 Å². The standard InChI is InChI=1S/C15H22N2O2S/c1-11(2)16(3)14(18)12-4-7-17(8-5-12)15(19)13-6-9-20-10-13/h6,9-12H,4-5,7-8H2,1-3H3. The first-order valence-corrected chi connectivity index (χ1v) is 8.03. The molecule has 0 aromatic carbocycles. The van der Waals surface area contributed by atoms with Crippen LogP contribution in [0.2, 0.25) is 0 Å². The SMILES string of the molecule is CC(C)N(C)C(=O)C1CCN(C(=O)c2ccsc2)CC1. The summed E-state index contributed by atoms with van der Waals surface area (Å²) in [5.41, 5.74) is 0.763. The molecular formula is C15H22N2O2S. The van der Waals surface area contributed by atoms with Crippen LogP contribution in [0.1, 0.15) is 37.0 Å². The molecule has 0 spiro atoms. The monoisotopic (exact) mass is 294 g/mol. The van der Waals surface area contributed by atoms with E-state index in [4.69, 9.17) is 0 Å². The second kappa shape index (κ2) is 6.39. The number of likely N-dealkylation sites (tertiary alicyclic amines) is 1. The highest BCUT2D eigenvalue weighted by molar-refractivity contribution is 7.08. The lowest BCUT2D eigenvalue weighted by molar-refractivity contribution is -0.137. The molecule has 1 fully saturated rings. The Morgan fingerprint density at radius 3 is 2.50 bits per heavy atom. The number of nitrogens with zero attached hydrogens (tertiary/aromatic N) is 2. The fourth-order valence-corrected chi connectivity index (χ4v) is 3.07. The van der Waals surface area contributed by atoms with Crippen LogP contribution in [-0.4, -0.2) is 47.8 Å². The van der Waals surface area contributed by atoms with E-state index in [1.54, 1.807) is 4.90 Å². The molecule has 0 saturated carbocycles. The summed E-state index contributed by atoms with van der Waals surface area (Å²) in [5.74, 6) is 0.367. The third-order valence-corrected chi connectivity index (χ3v) is 4.70. The van der Waals surface area contributed by atoms with E-state index in [9.17, 15) is 9.59 Å². The van der Waals surface area contributed by atoms with Gasteiger partial charge in [0.05, 0.1) is 5.56 Å². The smallest absolute Gasteiger partial charge is 0.254 e. The van der Waals surface area contributed by atoms with Gasteiger partial charge in [0.2, 0.25) is 5.91 Å². The Hall–Kier alpha value is -1.36. The van der Waals surface area contributed by atoms with Crippen LogP contribution in [0.4, 0.5) is 0 Å². The van der Waals surface area contributed by atoms with Crippen molar-refractivity contribution in [2.24, 2.45) is 5.92 Å². The second-order valence-corrected chi connectivity index (χ2v) is 6.40. The van der Waals surface area contributed by atoms with Crippen molar-refractivity contribution in [3.8, 4) is 0 Å². The average molecular weight is 294 g/mol. The van der Waals surface area contributed by atoms with Crippen molar-refractivity contribution < 1.29 is 9.59 Å². The molecule has 0 aliphatic carbocycles. The van der Waals surface area contributed by atoms with Gasteiger partial charge in [-0.3, -0.25) is 9.59 Å². The number of carbonyl (C=O) groups excluding carboxylic acids is 2. The Labute approximate surface area is 124 Å². The molecule has 1 saturated heterocycles. The first-order chi connectivity index (χ1) is 9.50. The molecule has 0 atom stereocenters. The molecule has 0 N–H and O–H groups in total. The van der Waals surface area contributed by atoms with Crippen molar-refractivity contribution in [2.75, 3.05) is 20.1 Å². The van der Waals surface area contributed by atoms with E-state index < -0.39 is 0 Å². The predicted octanol–water partition coefficient (Wildman–Crippen LogP) is 2.47. The molecule has 20 heavy (non-hydrogen) atoms. The van der Waals surface area contributed by atoms with E-state index in [0.29, 0.717) is 13.1 Å². The molecule has 1 aromatic heterocycles. The third-order valence-electron chi connectivity index (χ3n) is 4.02. The summed E-state index contributed by atoms with van der Waals surface area (Å²) >= 11 is 1.54. The Kier molecular flexibility index (Phi) is 4.81. The van der Waals surface area contributed by atoms with Crippen LogP contribution in [0.5, 0.6) is 0 Å². The lowest BCUT2D eigenvalue weighted by Gasteiger charge is -2.34. The van der Waals surface area contributed by atoms with Gasteiger partial charge in [-0.2, -0.15) is 11.3 Å². The fraction of sp³-hybridized carbons (Fsp3) is 0.600. The number of carbonyl (C=O) groups is 2. The molecule has 110 valence electrons. The highest BCUT2D eigenvalue weighted by atomic mass is 32.1. The van der Waals surface area contributed by atoms with Gasteiger partial charge in [-0.15, -0.1) is 0 Å². The van der Waals surface area contributed by atoms with Crippen LogP contribution in [0.15, 0.2) is 16.8 Å². The molecule has 4 nitrogen and oxygen atoms in total. The molecule has 1 aliphatic rings. The number of amides is 2. The second-order valence-electron chi connectivity index (χ2n) is 5.62. The zero-order valence-electron chi connectivity index (χ0n) is 12.3. The van der Waals surface area contributed by atoms with Crippen molar-refractivity contribution in [3.63, 3.8) is 0 Å². The van der Waals surface area contributed by atoms with E-state index >= 15 is 0 Å². The zero-order valence-corrected chi connectivity index (χ0v) is 13.2. The molecule has 2 rings (SSSR count). The number of hydrogen-bond acceptors (Lipinski definition) is 3. The summed E-state index contributed by atoms with van der Waals surface area (Å²) in [6.07, 6.45) is 1.54. The third kappa shape index (κ3) is 3.20. The van der Waals surface area contributed by atoms with Gasteiger partial charge in [0.1, 0.15) is 0 Å². The zero-order chi connectivity index (χ0) is 14.7. The fourth-order valence-electron chi connectivity index (χ4n) is 2.44. The quantitative estimate of drug-likeness (QED) is 0.859. The minimum atomic E-state index is 0.0638. The molecule has 2 heterocycles. The normalized spacial score (nSPS) is 16.5. The van der Waals surface area contributed by atoms with Crippen LogP contribution in [-0.2, 0) is 4.79 Å². The van der Waals surface area contributed by atoms with Gasteiger partial charge in [-0.1, -0.05) is 0 Å². The van der Waals surface area contributed by atoms with E-state index in [1.807, 2.05) is 42.6 Å². The number of rotatable bonds is 3. The topological polar surface area (TPSA) is 40.6 Å². The van der Waals surface area contributed by atoms with Gasteiger partial charge in [0, 0.05) is 37.5 Å². The van der Waals surface area contributed by atoms with Crippen LogP contribution in [0.3, 0.4) is 0 Å². The van der Waals surface area contributed by atoms with Gasteiger partial charge < -0.3 is 9.80 Å². The maximum atomic E-state index is 12.3. The summed E-state index contributed by atoms with van der Waals surface area (Å²) in [4.78, 5) is 28.2. The minimum Gasteiger partial charge on any atom is -0.343 e. The Balaban J connectivity index is 1.89. The van der Waals surface area contributed by atoms with E-state index in [0.717, 1.165) is 18.4 Å². The van der Waals surface area contributed by atoms with Crippen LogP contribution in [0, 0.1) is 5.92 Å². The molecule has 1 aliphatic heterocycles. The van der Waals surface area contributed by atoms with Crippen molar-refractivity contribution in [3.05, 3.63) is 22.4 Å². The molecule has 0 unspecified atom stereocenters. The highest BCUT2D eigenvalue weighted by Crippen LogP contribution is 2.22. The van der Waals surface area contributed by atoms with Crippen molar-refractivity contribution in [1.29, 1.82) is 0 Å². The lowest BCUT2D eigenvalue weighted by atomic mass is 9.94. The average Bonchev–Trinajstić information content (AvgIpc) is 2.99. The number of hydrogen-bond donors (Lipinski definition) is 0. The summed E-state index contributed by atoms with van der Waals surface area (Å²) in [7, 11) is 1.86. The number of piperidine rings is 1. The van der Waals surface area contributed by atoms with Crippen molar-refractivity contribution in [1.82, 2.24) is 9.80 Å². The Bertz CT molecular complexity index is 462. The predicted molar refractivity (Wildman–Crippen MR) is 80.9 cm³/mol. The number of thiophene rings is 1. The Morgan fingerprint density at radius 2 is 2.00 bits per heavy atom. The summed E-state index contributed by atoms with van der Waals surface area (Å²) in [6.45, 7) is 5.40. The molecule has 1 aromatic rings.